The number of hydrogen-bond acceptors (Lipinski definition) is 6. The molecule has 3 aliphatic rings. The maximum Gasteiger partial charge on any atom is 0.0793 e. The van der Waals surface area contributed by atoms with E-state index < -0.39 is 0 Å². The van der Waals surface area contributed by atoms with Gasteiger partial charge in [0.05, 0.1) is 19.3 Å². The van der Waals surface area contributed by atoms with Gasteiger partial charge in [-0.1, -0.05) is 6.42 Å². The zero-order chi connectivity index (χ0) is 16.8. The lowest BCUT2D eigenvalue weighted by atomic mass is 10.0. The molecule has 1 N–H and O–H groups in total. The quantitative estimate of drug-likeness (QED) is 0.721. The summed E-state index contributed by atoms with van der Waals surface area (Å²) in [5, 5.41) is 10.4. The van der Waals surface area contributed by atoms with Crippen LogP contribution in [-0.2, 0) is 4.74 Å². The van der Waals surface area contributed by atoms with Crippen molar-refractivity contribution in [2.24, 2.45) is 0 Å². The molecule has 0 unspecified atom stereocenters. The Bertz CT molecular complexity index is 357. The second-order valence-corrected chi connectivity index (χ2v) is 7.80. The van der Waals surface area contributed by atoms with Crippen LogP contribution in [-0.4, -0.2) is 123 Å². The Morgan fingerprint density at radius 3 is 2.17 bits per heavy atom. The van der Waals surface area contributed by atoms with Crippen molar-refractivity contribution >= 4 is 0 Å². The minimum Gasteiger partial charge on any atom is -0.390 e. The van der Waals surface area contributed by atoms with Crippen LogP contribution in [0.1, 0.15) is 19.3 Å². The Morgan fingerprint density at radius 2 is 1.50 bits per heavy atom. The van der Waals surface area contributed by atoms with Crippen molar-refractivity contribution in [1.29, 1.82) is 0 Å². The third kappa shape index (κ3) is 5.64. The standard InChI is InChI=1S/C18H36N4O2/c1-19-5-3-2-4-17(19)14-20-6-8-21(9-7-20)15-18(23)16-22-10-12-24-13-11-22/h17-18,23H,2-16H2,1H3/t17-,18+/m1/s1. The highest BCUT2D eigenvalue weighted by Gasteiger charge is 2.25. The normalized spacial score (nSPS) is 30.5. The molecule has 3 aliphatic heterocycles. The van der Waals surface area contributed by atoms with Crippen molar-refractivity contribution in [3.8, 4) is 0 Å². The molecular weight excluding hydrogens is 304 g/mol. The fraction of sp³-hybridized carbons (Fsp3) is 1.00. The Morgan fingerprint density at radius 1 is 0.875 bits per heavy atom. The third-order valence-corrected chi connectivity index (χ3v) is 5.90. The van der Waals surface area contributed by atoms with Crippen molar-refractivity contribution in [1.82, 2.24) is 19.6 Å². The maximum atomic E-state index is 10.4. The summed E-state index contributed by atoms with van der Waals surface area (Å²) in [6.45, 7) is 12.1. The average Bonchev–Trinajstić information content (AvgIpc) is 2.59. The highest BCUT2D eigenvalue weighted by atomic mass is 16.5. The molecule has 3 saturated heterocycles. The number of hydrogen-bond donors (Lipinski definition) is 1. The number of likely N-dealkylation sites (N-methyl/N-ethyl adjacent to an activating group) is 1. The average molecular weight is 341 g/mol. The summed E-state index contributed by atoms with van der Waals surface area (Å²) in [6.07, 6.45) is 3.87. The number of rotatable bonds is 6. The van der Waals surface area contributed by atoms with E-state index in [0.29, 0.717) is 0 Å². The first-order valence-corrected chi connectivity index (χ1v) is 9.84. The van der Waals surface area contributed by atoms with Crippen molar-refractivity contribution in [3.05, 3.63) is 0 Å². The molecule has 2 atom stereocenters. The number of ether oxygens (including phenoxy) is 1. The van der Waals surface area contributed by atoms with Gasteiger partial charge in [-0.05, 0) is 26.4 Å². The molecule has 6 heteroatoms. The zero-order valence-corrected chi connectivity index (χ0v) is 15.4. The molecule has 3 rings (SSSR count). The number of β-amino-alcohol motifs (C(OH)–C–C–N with tert-alkyl or cyclic N) is 1. The molecule has 0 aromatic rings. The van der Waals surface area contributed by atoms with Gasteiger partial charge in [-0.2, -0.15) is 0 Å². The van der Waals surface area contributed by atoms with Crippen LogP contribution in [0, 0.1) is 0 Å². The number of aliphatic hydroxyl groups is 1. The van der Waals surface area contributed by atoms with Crippen LogP contribution in [0.25, 0.3) is 0 Å². The third-order valence-electron chi connectivity index (χ3n) is 5.90. The first-order chi connectivity index (χ1) is 11.7. The molecule has 0 aromatic carbocycles. The number of piperidine rings is 1. The number of nitrogens with zero attached hydrogens (tertiary/aromatic N) is 4. The topological polar surface area (TPSA) is 42.4 Å². The van der Waals surface area contributed by atoms with Crippen LogP contribution in [0.15, 0.2) is 0 Å². The molecule has 0 amide bonds. The Labute approximate surface area is 147 Å². The van der Waals surface area contributed by atoms with Crippen molar-refractivity contribution in [3.63, 3.8) is 0 Å². The summed E-state index contributed by atoms with van der Waals surface area (Å²) >= 11 is 0. The molecule has 140 valence electrons. The van der Waals surface area contributed by atoms with Gasteiger partial charge in [0.15, 0.2) is 0 Å². The van der Waals surface area contributed by atoms with E-state index in [9.17, 15) is 5.11 Å². The van der Waals surface area contributed by atoms with E-state index >= 15 is 0 Å². The monoisotopic (exact) mass is 340 g/mol. The smallest absolute Gasteiger partial charge is 0.0793 e. The maximum absolute atomic E-state index is 10.4. The molecule has 0 radical (unpaired) electrons. The van der Waals surface area contributed by atoms with Gasteiger partial charge in [0, 0.05) is 64.9 Å². The van der Waals surface area contributed by atoms with Crippen LogP contribution in [0.3, 0.4) is 0 Å². The van der Waals surface area contributed by atoms with Gasteiger partial charge >= 0.3 is 0 Å². The SMILES string of the molecule is CN1CCCC[C@@H]1CN1CCN(C[C@H](O)CN2CCOCC2)CC1. The highest BCUT2D eigenvalue weighted by Crippen LogP contribution is 2.17. The van der Waals surface area contributed by atoms with Crippen LogP contribution in [0.4, 0.5) is 0 Å². The largest absolute Gasteiger partial charge is 0.390 e. The summed E-state index contributed by atoms with van der Waals surface area (Å²) in [6, 6.07) is 0.747. The molecule has 3 fully saturated rings. The predicted octanol–water partition coefficient (Wildman–Crippen LogP) is -0.219. The van der Waals surface area contributed by atoms with Crippen molar-refractivity contribution in [2.75, 3.05) is 85.7 Å². The lowest BCUT2D eigenvalue weighted by molar-refractivity contribution is 0.00109. The summed E-state index contributed by atoms with van der Waals surface area (Å²) in [5.74, 6) is 0. The van der Waals surface area contributed by atoms with Gasteiger partial charge < -0.3 is 14.7 Å². The summed E-state index contributed by atoms with van der Waals surface area (Å²) in [5.41, 5.74) is 0. The minimum atomic E-state index is -0.237. The lowest BCUT2D eigenvalue weighted by Gasteiger charge is -2.40. The Kier molecular flexibility index (Phi) is 7.31. The Balaban J connectivity index is 1.32. The van der Waals surface area contributed by atoms with E-state index in [1.54, 1.807) is 0 Å². The first kappa shape index (κ1) is 18.5. The second kappa shape index (κ2) is 9.46. The van der Waals surface area contributed by atoms with Gasteiger partial charge in [0.2, 0.25) is 0 Å². The van der Waals surface area contributed by atoms with E-state index in [1.165, 1.54) is 32.4 Å². The fourth-order valence-electron chi connectivity index (χ4n) is 4.26. The molecule has 0 aliphatic carbocycles. The molecule has 0 bridgehead atoms. The van der Waals surface area contributed by atoms with E-state index in [-0.39, 0.29) is 6.10 Å². The Hall–Kier alpha value is -0.240. The molecule has 0 spiro atoms. The van der Waals surface area contributed by atoms with Gasteiger partial charge in [-0.15, -0.1) is 0 Å². The van der Waals surface area contributed by atoms with Crippen LogP contribution in [0.2, 0.25) is 0 Å². The predicted molar refractivity (Wildman–Crippen MR) is 96.4 cm³/mol. The molecular formula is C18H36N4O2. The van der Waals surface area contributed by atoms with E-state index in [1.807, 2.05) is 0 Å². The van der Waals surface area contributed by atoms with Crippen molar-refractivity contribution < 1.29 is 9.84 Å². The molecule has 0 aromatic heterocycles. The summed E-state index contributed by atoms with van der Waals surface area (Å²) in [4.78, 5) is 9.93. The number of morpholine rings is 1. The fourth-order valence-corrected chi connectivity index (χ4v) is 4.26. The van der Waals surface area contributed by atoms with Crippen LogP contribution in [0.5, 0.6) is 0 Å². The van der Waals surface area contributed by atoms with Crippen molar-refractivity contribution in [2.45, 2.75) is 31.4 Å². The van der Waals surface area contributed by atoms with Crippen LogP contribution >= 0.6 is 0 Å². The number of piperazine rings is 1. The highest BCUT2D eigenvalue weighted by molar-refractivity contribution is 4.82. The molecule has 6 nitrogen and oxygen atoms in total. The van der Waals surface area contributed by atoms with Gasteiger partial charge in [0.25, 0.3) is 0 Å². The lowest BCUT2D eigenvalue weighted by Crippen LogP contribution is -2.53. The second-order valence-electron chi connectivity index (χ2n) is 7.80. The van der Waals surface area contributed by atoms with Crippen LogP contribution < -0.4 is 0 Å². The van der Waals surface area contributed by atoms with E-state index in [0.717, 1.165) is 71.6 Å². The first-order valence-electron chi connectivity index (χ1n) is 9.84. The van der Waals surface area contributed by atoms with Gasteiger partial charge in [0.1, 0.15) is 0 Å². The molecule has 3 heterocycles. The van der Waals surface area contributed by atoms with Gasteiger partial charge in [-0.25, -0.2) is 0 Å². The van der Waals surface area contributed by atoms with E-state index in [2.05, 4.69) is 26.6 Å². The van der Waals surface area contributed by atoms with Gasteiger partial charge in [-0.3, -0.25) is 14.7 Å². The summed E-state index contributed by atoms with van der Waals surface area (Å²) < 4.78 is 5.37. The number of likely N-dealkylation sites (tertiary alicyclic amines) is 1. The molecule has 0 saturated carbocycles. The molecule has 24 heavy (non-hydrogen) atoms. The number of aliphatic hydroxyl groups excluding tert-OH is 1. The zero-order valence-electron chi connectivity index (χ0n) is 15.4. The minimum absolute atomic E-state index is 0.237. The van der Waals surface area contributed by atoms with E-state index in [4.69, 9.17) is 4.74 Å². The summed E-state index contributed by atoms with van der Waals surface area (Å²) in [7, 11) is 2.28.